The van der Waals surface area contributed by atoms with Crippen LogP contribution in [0.4, 0.5) is 0 Å². The number of carbonyl (C=O) groups is 2. The highest BCUT2D eigenvalue weighted by molar-refractivity contribution is 5.77. The number of aliphatic hydroxyl groups excluding tert-OH is 4. The number of nitrogens with zero attached hydrogens (tertiary/aromatic N) is 1. The third kappa shape index (κ3) is 10.7. The van der Waals surface area contributed by atoms with Crippen LogP contribution in [-0.4, -0.2) is 70.5 Å². The maximum absolute atomic E-state index is 11.4. The van der Waals surface area contributed by atoms with Crippen molar-refractivity contribution in [1.29, 1.82) is 0 Å². The SMILES string of the molecule is COC(=O)CCCCCCC(=O)NN=C[C@@H](O)[C@H](O)[C@H](O)CO. The molecule has 134 valence electrons. The van der Waals surface area contributed by atoms with E-state index in [1.807, 2.05) is 0 Å². The van der Waals surface area contributed by atoms with Crippen LogP contribution in [-0.2, 0) is 14.3 Å². The molecule has 0 radical (unpaired) electrons. The zero-order valence-electron chi connectivity index (χ0n) is 13.2. The number of ether oxygens (including phenoxy) is 1. The summed E-state index contributed by atoms with van der Waals surface area (Å²) in [6.45, 7) is -0.700. The number of nitrogens with one attached hydrogen (secondary N) is 1. The molecule has 1 amide bonds. The van der Waals surface area contributed by atoms with Gasteiger partial charge in [-0.2, -0.15) is 5.10 Å². The maximum atomic E-state index is 11.4. The van der Waals surface area contributed by atoms with Gasteiger partial charge in [-0.1, -0.05) is 12.8 Å². The fourth-order valence-electron chi connectivity index (χ4n) is 1.68. The molecule has 5 N–H and O–H groups in total. The second kappa shape index (κ2) is 12.9. The van der Waals surface area contributed by atoms with Gasteiger partial charge in [-0.15, -0.1) is 0 Å². The first kappa shape index (κ1) is 21.4. The van der Waals surface area contributed by atoms with E-state index in [1.54, 1.807) is 0 Å². The standard InChI is InChI=1S/C14H26N2O7/c1-23-13(21)7-5-3-2-4-6-12(20)16-15-8-10(18)14(22)11(19)9-17/h8,10-11,14,17-19,22H,2-7,9H2,1H3,(H,16,20)/t10-,11-,14+/m1/s1. The van der Waals surface area contributed by atoms with E-state index in [-0.39, 0.29) is 18.3 Å². The molecule has 0 bridgehead atoms. The fraction of sp³-hybridized carbons (Fsp3) is 0.786. The van der Waals surface area contributed by atoms with Crippen LogP contribution in [0.15, 0.2) is 5.10 Å². The lowest BCUT2D eigenvalue weighted by molar-refractivity contribution is -0.140. The van der Waals surface area contributed by atoms with E-state index in [9.17, 15) is 19.8 Å². The van der Waals surface area contributed by atoms with E-state index in [1.165, 1.54) is 7.11 Å². The molecule has 9 heteroatoms. The van der Waals surface area contributed by atoms with Crippen LogP contribution in [0.3, 0.4) is 0 Å². The maximum Gasteiger partial charge on any atom is 0.305 e. The molecule has 9 nitrogen and oxygen atoms in total. The van der Waals surface area contributed by atoms with Crippen molar-refractivity contribution in [3.63, 3.8) is 0 Å². The number of hydrogen-bond acceptors (Lipinski definition) is 8. The van der Waals surface area contributed by atoms with Gasteiger partial charge in [0.25, 0.3) is 0 Å². The normalized spacial score (nSPS) is 15.2. The Hall–Kier alpha value is -1.55. The van der Waals surface area contributed by atoms with Crippen molar-refractivity contribution in [2.75, 3.05) is 13.7 Å². The Morgan fingerprint density at radius 2 is 1.74 bits per heavy atom. The van der Waals surface area contributed by atoms with Gasteiger partial charge in [-0.25, -0.2) is 5.43 Å². The molecule has 0 heterocycles. The molecule has 0 unspecified atom stereocenters. The number of hydrazone groups is 1. The molecule has 0 aliphatic heterocycles. The van der Waals surface area contributed by atoms with Gasteiger partial charge >= 0.3 is 5.97 Å². The van der Waals surface area contributed by atoms with Crippen LogP contribution in [0.25, 0.3) is 0 Å². The summed E-state index contributed by atoms with van der Waals surface area (Å²) in [4.78, 5) is 22.3. The van der Waals surface area contributed by atoms with Crippen LogP contribution < -0.4 is 5.43 Å². The second-order valence-electron chi connectivity index (χ2n) is 5.03. The lowest BCUT2D eigenvalue weighted by atomic mass is 10.1. The summed E-state index contributed by atoms with van der Waals surface area (Å²) < 4.78 is 4.51. The Morgan fingerprint density at radius 3 is 2.30 bits per heavy atom. The summed E-state index contributed by atoms with van der Waals surface area (Å²) in [6.07, 6.45) is -0.143. The van der Waals surface area contributed by atoms with E-state index in [4.69, 9.17) is 10.2 Å². The molecule has 0 aromatic heterocycles. The van der Waals surface area contributed by atoms with E-state index in [2.05, 4.69) is 15.3 Å². The van der Waals surface area contributed by atoms with E-state index >= 15 is 0 Å². The first-order chi connectivity index (χ1) is 10.9. The Labute approximate surface area is 135 Å². The fourth-order valence-corrected chi connectivity index (χ4v) is 1.68. The van der Waals surface area contributed by atoms with Crippen LogP contribution >= 0.6 is 0 Å². The first-order valence-electron chi connectivity index (χ1n) is 7.46. The summed E-state index contributed by atoms with van der Waals surface area (Å²) >= 11 is 0. The summed E-state index contributed by atoms with van der Waals surface area (Å²) in [5, 5.41) is 39.9. The second-order valence-corrected chi connectivity index (χ2v) is 5.03. The minimum absolute atomic E-state index is 0.244. The van der Waals surface area contributed by atoms with Crippen molar-refractivity contribution >= 4 is 18.1 Å². The molecular weight excluding hydrogens is 308 g/mol. The summed E-state index contributed by atoms with van der Waals surface area (Å²) in [5.74, 6) is -0.595. The minimum atomic E-state index is -1.59. The molecule has 0 saturated heterocycles. The number of methoxy groups -OCH3 is 1. The van der Waals surface area contributed by atoms with Gasteiger partial charge in [0.15, 0.2) is 0 Å². The van der Waals surface area contributed by atoms with Crippen molar-refractivity contribution in [3.8, 4) is 0 Å². The molecular formula is C14H26N2O7. The van der Waals surface area contributed by atoms with Gasteiger partial charge in [0, 0.05) is 12.8 Å². The summed E-state index contributed by atoms with van der Waals surface area (Å²) in [7, 11) is 1.34. The molecule has 0 aromatic rings. The molecule has 0 aliphatic rings. The smallest absolute Gasteiger partial charge is 0.305 e. The average molecular weight is 334 g/mol. The number of amides is 1. The third-order valence-corrected chi connectivity index (χ3v) is 3.11. The highest BCUT2D eigenvalue weighted by atomic mass is 16.5. The van der Waals surface area contributed by atoms with Gasteiger partial charge in [-0.3, -0.25) is 9.59 Å². The van der Waals surface area contributed by atoms with Crippen LogP contribution in [0, 0.1) is 0 Å². The summed E-state index contributed by atoms with van der Waals surface area (Å²) in [5.41, 5.74) is 2.18. The van der Waals surface area contributed by atoms with E-state index in [0.717, 1.165) is 19.1 Å². The quantitative estimate of drug-likeness (QED) is 0.129. The number of hydrogen-bond donors (Lipinski definition) is 5. The van der Waals surface area contributed by atoms with Crippen molar-refractivity contribution in [2.24, 2.45) is 5.10 Å². The predicted molar refractivity (Wildman–Crippen MR) is 81.5 cm³/mol. The summed E-state index contributed by atoms with van der Waals surface area (Å²) in [6, 6.07) is 0. The van der Waals surface area contributed by atoms with Crippen LogP contribution in [0.1, 0.15) is 38.5 Å². The Kier molecular flexibility index (Phi) is 12.1. The first-order valence-corrected chi connectivity index (χ1v) is 7.46. The molecule has 0 aromatic carbocycles. The highest BCUT2D eigenvalue weighted by Crippen LogP contribution is 2.06. The highest BCUT2D eigenvalue weighted by Gasteiger charge is 2.22. The van der Waals surface area contributed by atoms with Gasteiger partial charge in [0.05, 0.1) is 19.9 Å². The number of aliphatic hydroxyl groups is 4. The average Bonchev–Trinajstić information content (AvgIpc) is 2.55. The number of esters is 1. The molecule has 0 saturated carbocycles. The van der Waals surface area contributed by atoms with Crippen LogP contribution in [0.5, 0.6) is 0 Å². The van der Waals surface area contributed by atoms with Crippen molar-refractivity contribution in [3.05, 3.63) is 0 Å². The molecule has 3 atom stereocenters. The molecule has 0 fully saturated rings. The van der Waals surface area contributed by atoms with Crippen molar-refractivity contribution in [1.82, 2.24) is 5.43 Å². The largest absolute Gasteiger partial charge is 0.469 e. The Balaban J connectivity index is 3.74. The number of rotatable bonds is 12. The van der Waals surface area contributed by atoms with E-state index < -0.39 is 24.9 Å². The molecule has 0 aliphatic carbocycles. The van der Waals surface area contributed by atoms with Crippen molar-refractivity contribution in [2.45, 2.75) is 56.8 Å². The monoisotopic (exact) mass is 334 g/mol. The van der Waals surface area contributed by atoms with Crippen molar-refractivity contribution < 1.29 is 34.8 Å². The molecule has 23 heavy (non-hydrogen) atoms. The van der Waals surface area contributed by atoms with Gasteiger partial charge in [-0.05, 0) is 12.8 Å². The Bertz CT molecular complexity index is 376. The molecule has 0 rings (SSSR count). The lowest BCUT2D eigenvalue weighted by Crippen LogP contribution is -2.40. The van der Waals surface area contributed by atoms with Gasteiger partial charge in [0.1, 0.15) is 18.3 Å². The zero-order valence-corrected chi connectivity index (χ0v) is 13.2. The van der Waals surface area contributed by atoms with E-state index in [0.29, 0.717) is 19.3 Å². The number of unbranched alkanes of at least 4 members (excludes halogenated alkanes) is 3. The lowest BCUT2D eigenvalue weighted by Gasteiger charge is -2.17. The Morgan fingerprint density at radius 1 is 1.13 bits per heavy atom. The zero-order chi connectivity index (χ0) is 17.7. The predicted octanol–water partition coefficient (Wildman–Crippen LogP) is -1.32. The van der Waals surface area contributed by atoms with Gasteiger partial charge in [0.2, 0.25) is 5.91 Å². The molecule has 0 spiro atoms. The van der Waals surface area contributed by atoms with Gasteiger partial charge < -0.3 is 25.2 Å². The third-order valence-electron chi connectivity index (χ3n) is 3.11. The minimum Gasteiger partial charge on any atom is -0.469 e. The number of carbonyl (C=O) groups excluding carboxylic acids is 2. The van der Waals surface area contributed by atoms with Crippen LogP contribution in [0.2, 0.25) is 0 Å². The topological polar surface area (TPSA) is 149 Å².